The number of piperazine rings is 1. The summed E-state index contributed by atoms with van der Waals surface area (Å²) in [5.41, 5.74) is 0. The van der Waals surface area contributed by atoms with Crippen molar-refractivity contribution in [1.82, 2.24) is 25.4 Å². The summed E-state index contributed by atoms with van der Waals surface area (Å²) in [5, 5.41) is 14.4. The molecule has 4 heterocycles. The van der Waals surface area contributed by atoms with Crippen LogP contribution in [0.4, 0.5) is 17.5 Å². The van der Waals surface area contributed by atoms with Gasteiger partial charge in [-0.05, 0) is 30.7 Å². The number of carbonyl (C=O) groups excluding carboxylic acids is 2. The predicted octanol–water partition coefficient (Wildman–Crippen LogP) is 0.790. The Bertz CT molecular complexity index is 810. The number of nitrogens with one attached hydrogen (secondary N) is 2. The summed E-state index contributed by atoms with van der Waals surface area (Å²) >= 11 is 0. The molecule has 4 rings (SSSR count). The van der Waals surface area contributed by atoms with E-state index in [2.05, 4.69) is 30.7 Å². The highest BCUT2D eigenvalue weighted by atomic mass is 16.2. The SMILES string of the molecule is O=C1CCC(C(=O)N2CCN(c3ccc(Nc4ccccn4)nn3)CC2)CN1. The molecular formula is C19H23N7O2. The second-order valence-electron chi connectivity index (χ2n) is 6.97. The Labute approximate surface area is 163 Å². The predicted molar refractivity (Wildman–Crippen MR) is 104 cm³/mol. The topological polar surface area (TPSA) is 103 Å². The van der Waals surface area contributed by atoms with Crippen molar-refractivity contribution in [2.45, 2.75) is 12.8 Å². The van der Waals surface area contributed by atoms with Crippen LogP contribution in [0.2, 0.25) is 0 Å². The molecular weight excluding hydrogens is 358 g/mol. The molecule has 0 saturated carbocycles. The lowest BCUT2D eigenvalue weighted by atomic mass is 9.97. The first-order chi connectivity index (χ1) is 13.7. The molecule has 2 aliphatic rings. The van der Waals surface area contributed by atoms with Crippen molar-refractivity contribution >= 4 is 29.3 Å². The van der Waals surface area contributed by atoms with Crippen molar-refractivity contribution in [3.8, 4) is 0 Å². The molecule has 1 atom stereocenters. The molecule has 2 fully saturated rings. The van der Waals surface area contributed by atoms with E-state index >= 15 is 0 Å². The van der Waals surface area contributed by atoms with Crippen LogP contribution in [-0.2, 0) is 9.59 Å². The van der Waals surface area contributed by atoms with E-state index in [1.165, 1.54) is 0 Å². The van der Waals surface area contributed by atoms with Crippen LogP contribution in [0.25, 0.3) is 0 Å². The van der Waals surface area contributed by atoms with E-state index in [0.717, 1.165) is 11.6 Å². The molecule has 2 aromatic rings. The zero-order valence-electron chi connectivity index (χ0n) is 15.5. The molecule has 0 spiro atoms. The normalized spacial score (nSPS) is 19.9. The molecule has 2 aromatic heterocycles. The van der Waals surface area contributed by atoms with Crippen LogP contribution in [0.1, 0.15) is 12.8 Å². The van der Waals surface area contributed by atoms with Gasteiger partial charge in [-0.1, -0.05) is 6.07 Å². The van der Waals surface area contributed by atoms with Crippen molar-refractivity contribution in [2.75, 3.05) is 42.9 Å². The third-order valence-electron chi connectivity index (χ3n) is 5.10. The van der Waals surface area contributed by atoms with Gasteiger partial charge in [-0.3, -0.25) is 9.59 Å². The highest BCUT2D eigenvalue weighted by Gasteiger charge is 2.30. The minimum atomic E-state index is -0.0963. The minimum Gasteiger partial charge on any atom is -0.355 e. The van der Waals surface area contributed by atoms with Crippen molar-refractivity contribution in [2.24, 2.45) is 5.92 Å². The Morgan fingerprint density at radius 3 is 2.57 bits per heavy atom. The lowest BCUT2D eigenvalue weighted by molar-refractivity contribution is -0.137. The third kappa shape index (κ3) is 4.19. The molecule has 0 radical (unpaired) electrons. The number of anilines is 3. The van der Waals surface area contributed by atoms with Gasteiger partial charge >= 0.3 is 0 Å². The van der Waals surface area contributed by atoms with Crippen LogP contribution in [0.15, 0.2) is 36.5 Å². The number of rotatable bonds is 4. The van der Waals surface area contributed by atoms with E-state index in [4.69, 9.17) is 0 Å². The third-order valence-corrected chi connectivity index (χ3v) is 5.10. The fourth-order valence-corrected chi connectivity index (χ4v) is 3.49. The van der Waals surface area contributed by atoms with Crippen LogP contribution in [0.5, 0.6) is 0 Å². The Hall–Kier alpha value is -3.23. The zero-order valence-corrected chi connectivity index (χ0v) is 15.5. The maximum Gasteiger partial charge on any atom is 0.227 e. The summed E-state index contributed by atoms with van der Waals surface area (Å²) in [4.78, 5) is 32.1. The quantitative estimate of drug-likeness (QED) is 0.807. The smallest absolute Gasteiger partial charge is 0.227 e. The van der Waals surface area contributed by atoms with Gasteiger partial charge in [0.15, 0.2) is 11.6 Å². The van der Waals surface area contributed by atoms with Crippen LogP contribution < -0.4 is 15.5 Å². The number of amides is 2. The lowest BCUT2D eigenvalue weighted by Crippen LogP contribution is -2.52. The summed E-state index contributed by atoms with van der Waals surface area (Å²) in [7, 11) is 0. The molecule has 9 heteroatoms. The van der Waals surface area contributed by atoms with E-state index < -0.39 is 0 Å². The van der Waals surface area contributed by atoms with Crippen LogP contribution >= 0.6 is 0 Å². The highest BCUT2D eigenvalue weighted by Crippen LogP contribution is 2.19. The summed E-state index contributed by atoms with van der Waals surface area (Å²) in [6.07, 6.45) is 2.79. The van der Waals surface area contributed by atoms with Gasteiger partial charge in [0, 0.05) is 45.3 Å². The maximum absolute atomic E-state index is 12.6. The number of carbonyl (C=O) groups is 2. The number of hydrogen-bond acceptors (Lipinski definition) is 7. The first-order valence-electron chi connectivity index (χ1n) is 9.51. The Morgan fingerprint density at radius 1 is 1.07 bits per heavy atom. The lowest BCUT2D eigenvalue weighted by Gasteiger charge is -2.37. The fraction of sp³-hybridized carbons (Fsp3) is 0.421. The molecule has 0 aliphatic carbocycles. The molecule has 0 bridgehead atoms. The van der Waals surface area contributed by atoms with E-state index in [1.54, 1.807) is 6.20 Å². The average molecular weight is 381 g/mol. The standard InChI is InChI=1S/C19H23N7O2/c27-18-7-4-14(13-21-18)19(28)26-11-9-25(10-12-26)17-6-5-16(23-24-17)22-15-3-1-2-8-20-15/h1-3,5-6,8,14H,4,7,9-13H2,(H,21,27)(H,20,22,23). The minimum absolute atomic E-state index is 0.0356. The molecule has 146 valence electrons. The summed E-state index contributed by atoms with van der Waals surface area (Å²) < 4.78 is 0. The van der Waals surface area contributed by atoms with E-state index in [1.807, 2.05) is 35.2 Å². The second kappa shape index (κ2) is 8.20. The van der Waals surface area contributed by atoms with Gasteiger partial charge in [0.05, 0.1) is 5.92 Å². The number of hydrogen-bond donors (Lipinski definition) is 2. The average Bonchev–Trinajstić information content (AvgIpc) is 2.75. The number of nitrogens with zero attached hydrogens (tertiary/aromatic N) is 5. The molecule has 9 nitrogen and oxygen atoms in total. The molecule has 2 amide bonds. The fourth-order valence-electron chi connectivity index (χ4n) is 3.49. The second-order valence-corrected chi connectivity index (χ2v) is 6.97. The Morgan fingerprint density at radius 2 is 1.93 bits per heavy atom. The highest BCUT2D eigenvalue weighted by molar-refractivity contribution is 5.84. The largest absolute Gasteiger partial charge is 0.355 e. The van der Waals surface area contributed by atoms with Gasteiger partial charge in [0.1, 0.15) is 5.82 Å². The monoisotopic (exact) mass is 381 g/mol. The van der Waals surface area contributed by atoms with Crippen molar-refractivity contribution in [1.29, 1.82) is 0 Å². The van der Waals surface area contributed by atoms with E-state index in [9.17, 15) is 9.59 Å². The summed E-state index contributed by atoms with van der Waals surface area (Å²) in [5.74, 6) is 2.23. The molecule has 2 N–H and O–H groups in total. The van der Waals surface area contributed by atoms with Crippen molar-refractivity contribution < 1.29 is 9.59 Å². The first-order valence-corrected chi connectivity index (χ1v) is 9.51. The van der Waals surface area contributed by atoms with Gasteiger partial charge < -0.3 is 20.4 Å². The van der Waals surface area contributed by atoms with Crippen molar-refractivity contribution in [3.05, 3.63) is 36.5 Å². The number of aromatic nitrogens is 3. The maximum atomic E-state index is 12.6. The molecule has 2 aliphatic heterocycles. The van der Waals surface area contributed by atoms with E-state index in [0.29, 0.717) is 51.4 Å². The molecule has 1 unspecified atom stereocenters. The van der Waals surface area contributed by atoms with Crippen LogP contribution in [0.3, 0.4) is 0 Å². The molecule has 2 saturated heterocycles. The van der Waals surface area contributed by atoms with Crippen LogP contribution in [-0.4, -0.2) is 64.6 Å². The van der Waals surface area contributed by atoms with Gasteiger partial charge in [0.2, 0.25) is 11.8 Å². The number of piperidine rings is 1. The molecule has 0 aromatic carbocycles. The zero-order chi connectivity index (χ0) is 19.3. The van der Waals surface area contributed by atoms with Gasteiger partial charge in [-0.15, -0.1) is 10.2 Å². The number of pyridine rings is 1. The van der Waals surface area contributed by atoms with Gasteiger partial charge in [-0.25, -0.2) is 4.98 Å². The van der Waals surface area contributed by atoms with Gasteiger partial charge in [0.25, 0.3) is 0 Å². The van der Waals surface area contributed by atoms with Crippen LogP contribution in [0, 0.1) is 5.92 Å². The summed E-state index contributed by atoms with van der Waals surface area (Å²) in [6.45, 7) is 3.19. The van der Waals surface area contributed by atoms with Crippen molar-refractivity contribution in [3.63, 3.8) is 0 Å². The molecule has 28 heavy (non-hydrogen) atoms. The first kappa shape index (κ1) is 18.1. The summed E-state index contributed by atoms with van der Waals surface area (Å²) in [6, 6.07) is 9.42. The Kier molecular flexibility index (Phi) is 5.31. The van der Waals surface area contributed by atoms with Gasteiger partial charge in [-0.2, -0.15) is 0 Å². The Balaban J connectivity index is 1.30. The van der Waals surface area contributed by atoms with E-state index in [-0.39, 0.29) is 17.7 Å².